The molecule has 3 saturated heterocycles. The van der Waals surface area contributed by atoms with Crippen LogP contribution in [-0.4, -0.2) is 41.4 Å². The van der Waals surface area contributed by atoms with E-state index in [0.717, 1.165) is 36.8 Å². The van der Waals surface area contributed by atoms with Gasteiger partial charge in [-0.25, -0.2) is 8.78 Å². The van der Waals surface area contributed by atoms with Crippen molar-refractivity contribution in [2.45, 2.75) is 37.4 Å². The van der Waals surface area contributed by atoms with Crippen LogP contribution in [0, 0.1) is 17.6 Å². The topological polar surface area (TPSA) is 32.8 Å². The van der Waals surface area contributed by atoms with Gasteiger partial charge in [-0.05, 0) is 50.1 Å². The van der Waals surface area contributed by atoms with Crippen molar-refractivity contribution in [3.8, 4) is 5.75 Å². The fourth-order valence-corrected chi connectivity index (χ4v) is 5.82. The highest BCUT2D eigenvalue weighted by Gasteiger charge is 2.65. The first-order valence-corrected chi connectivity index (χ1v) is 10.2. The van der Waals surface area contributed by atoms with Gasteiger partial charge >= 0.3 is 0 Å². The van der Waals surface area contributed by atoms with E-state index in [1.807, 2.05) is 29.2 Å². The second-order valence-corrected chi connectivity index (χ2v) is 8.33. The second-order valence-electron chi connectivity index (χ2n) is 8.33. The van der Waals surface area contributed by atoms with E-state index in [4.69, 9.17) is 4.74 Å². The summed E-state index contributed by atoms with van der Waals surface area (Å²) in [5, 5.41) is 0. The summed E-state index contributed by atoms with van der Waals surface area (Å²) in [5.74, 6) is 0.190. The number of hydrogen-bond donors (Lipinski definition) is 0. The van der Waals surface area contributed by atoms with Crippen molar-refractivity contribution in [2.75, 3.05) is 20.2 Å². The molecule has 4 nitrogen and oxygen atoms in total. The first-order chi connectivity index (χ1) is 14.0. The van der Waals surface area contributed by atoms with Gasteiger partial charge in [0.25, 0.3) is 0 Å². The molecular formula is C23H24F2N2O2. The molecule has 3 fully saturated rings. The summed E-state index contributed by atoms with van der Waals surface area (Å²) in [7, 11) is 1.63. The highest BCUT2D eigenvalue weighted by molar-refractivity contribution is 5.90. The number of benzene rings is 2. The molecule has 0 unspecified atom stereocenters. The molecule has 3 aliphatic heterocycles. The summed E-state index contributed by atoms with van der Waals surface area (Å²) in [6.45, 7) is 1.89. The van der Waals surface area contributed by atoms with E-state index in [1.54, 1.807) is 7.11 Å². The average Bonchev–Trinajstić information content (AvgIpc) is 3.35. The monoisotopic (exact) mass is 398 g/mol. The minimum atomic E-state index is -0.578. The second kappa shape index (κ2) is 6.80. The number of methoxy groups -OCH3 is 1. The molecular weight excluding hydrogens is 374 g/mol. The molecule has 2 aromatic rings. The molecule has 1 spiro atoms. The van der Waals surface area contributed by atoms with Gasteiger partial charge in [-0.1, -0.05) is 18.2 Å². The summed E-state index contributed by atoms with van der Waals surface area (Å²) >= 11 is 0. The minimum absolute atomic E-state index is 0.116. The van der Waals surface area contributed by atoms with Crippen molar-refractivity contribution in [3.05, 3.63) is 65.2 Å². The van der Waals surface area contributed by atoms with E-state index < -0.39 is 17.2 Å². The number of carbonyl (C=O) groups excluding carboxylic acids is 1. The Bertz CT molecular complexity index is 966. The Balaban J connectivity index is 1.45. The Morgan fingerprint density at radius 2 is 2.03 bits per heavy atom. The molecule has 0 N–H and O–H groups in total. The molecule has 0 aliphatic carbocycles. The van der Waals surface area contributed by atoms with E-state index in [-0.39, 0.29) is 17.9 Å². The number of halogens is 2. The summed E-state index contributed by atoms with van der Waals surface area (Å²) in [6.07, 6.45) is 2.36. The standard InChI is InChI=1S/C23H24F2N2O2/c1-29-21-6-3-2-5-15(21)13-26-14-16-11-20(18-12-17(24)7-8-19(18)25)27-10-4-9-23(16,27)22(26)28/h2-3,5-8,12,16,20H,4,9-11,13-14H2,1H3/t16-,20-,23-/m0/s1. The Hall–Kier alpha value is -2.47. The van der Waals surface area contributed by atoms with E-state index in [9.17, 15) is 13.6 Å². The number of nitrogens with zero attached hydrogens (tertiary/aromatic N) is 2. The van der Waals surface area contributed by atoms with Gasteiger partial charge in [-0.3, -0.25) is 9.69 Å². The number of amides is 1. The summed E-state index contributed by atoms with van der Waals surface area (Å²) in [4.78, 5) is 17.7. The Morgan fingerprint density at radius 3 is 2.86 bits per heavy atom. The van der Waals surface area contributed by atoms with Crippen molar-refractivity contribution in [2.24, 2.45) is 5.92 Å². The van der Waals surface area contributed by atoms with Gasteiger partial charge in [0, 0.05) is 36.2 Å². The van der Waals surface area contributed by atoms with Crippen LogP contribution in [-0.2, 0) is 11.3 Å². The fourth-order valence-electron chi connectivity index (χ4n) is 5.82. The summed E-state index contributed by atoms with van der Waals surface area (Å²) < 4.78 is 33.8. The maximum atomic E-state index is 14.5. The van der Waals surface area contributed by atoms with E-state index in [0.29, 0.717) is 25.1 Å². The van der Waals surface area contributed by atoms with Gasteiger partial charge in [0.15, 0.2) is 0 Å². The quantitative estimate of drug-likeness (QED) is 0.783. The first-order valence-electron chi connectivity index (χ1n) is 10.2. The molecule has 5 rings (SSSR count). The van der Waals surface area contributed by atoms with Crippen LogP contribution in [0.4, 0.5) is 8.78 Å². The van der Waals surface area contributed by atoms with Gasteiger partial charge in [-0.15, -0.1) is 0 Å². The molecule has 0 saturated carbocycles. The lowest BCUT2D eigenvalue weighted by Gasteiger charge is -2.33. The van der Waals surface area contributed by atoms with Crippen molar-refractivity contribution in [3.63, 3.8) is 0 Å². The molecule has 1 amide bonds. The fraction of sp³-hybridized carbons (Fsp3) is 0.435. The highest BCUT2D eigenvalue weighted by Crippen LogP contribution is 2.56. The smallest absolute Gasteiger partial charge is 0.243 e. The molecule has 152 valence electrons. The number of ether oxygens (including phenoxy) is 1. The molecule has 3 heterocycles. The van der Waals surface area contributed by atoms with Crippen molar-refractivity contribution >= 4 is 5.91 Å². The third-order valence-corrected chi connectivity index (χ3v) is 7.00. The molecule has 2 aromatic carbocycles. The number of carbonyl (C=O) groups is 1. The van der Waals surface area contributed by atoms with E-state index >= 15 is 0 Å². The van der Waals surface area contributed by atoms with Crippen LogP contribution in [0.15, 0.2) is 42.5 Å². The molecule has 3 atom stereocenters. The zero-order valence-electron chi connectivity index (χ0n) is 16.4. The number of hydrogen-bond acceptors (Lipinski definition) is 3. The van der Waals surface area contributed by atoms with Crippen LogP contribution in [0.5, 0.6) is 5.75 Å². The Labute approximate surface area is 169 Å². The molecule has 3 aliphatic rings. The van der Waals surface area contributed by atoms with Crippen molar-refractivity contribution in [1.29, 1.82) is 0 Å². The largest absolute Gasteiger partial charge is 0.496 e. The van der Waals surface area contributed by atoms with Crippen molar-refractivity contribution < 1.29 is 18.3 Å². The molecule has 0 radical (unpaired) electrons. The third-order valence-electron chi connectivity index (χ3n) is 7.00. The summed E-state index contributed by atoms with van der Waals surface area (Å²) in [5.41, 5.74) is 0.785. The van der Waals surface area contributed by atoms with Crippen LogP contribution in [0.1, 0.15) is 36.4 Å². The minimum Gasteiger partial charge on any atom is -0.496 e. The van der Waals surface area contributed by atoms with E-state index in [2.05, 4.69) is 4.90 Å². The van der Waals surface area contributed by atoms with Crippen LogP contribution >= 0.6 is 0 Å². The van der Waals surface area contributed by atoms with Crippen molar-refractivity contribution in [1.82, 2.24) is 9.80 Å². The molecule has 29 heavy (non-hydrogen) atoms. The zero-order valence-corrected chi connectivity index (χ0v) is 16.4. The Kier molecular flexibility index (Phi) is 4.35. The first kappa shape index (κ1) is 18.6. The van der Waals surface area contributed by atoms with Crippen LogP contribution in [0.2, 0.25) is 0 Å². The molecule has 6 heteroatoms. The average molecular weight is 398 g/mol. The predicted octanol–water partition coefficient (Wildman–Crippen LogP) is 3.91. The van der Waals surface area contributed by atoms with Gasteiger partial charge < -0.3 is 9.64 Å². The zero-order chi connectivity index (χ0) is 20.2. The normalized spacial score (nSPS) is 28.7. The van der Waals surface area contributed by atoms with Crippen LogP contribution < -0.4 is 4.74 Å². The molecule has 0 bridgehead atoms. The highest BCUT2D eigenvalue weighted by atomic mass is 19.1. The number of para-hydroxylation sites is 1. The van der Waals surface area contributed by atoms with Gasteiger partial charge in [0.1, 0.15) is 22.9 Å². The molecule has 0 aromatic heterocycles. The lowest BCUT2D eigenvalue weighted by molar-refractivity contribution is -0.137. The van der Waals surface area contributed by atoms with Gasteiger partial charge in [0.2, 0.25) is 5.91 Å². The third kappa shape index (κ3) is 2.69. The lowest BCUT2D eigenvalue weighted by Crippen LogP contribution is -2.49. The number of likely N-dealkylation sites (tertiary alicyclic amines) is 1. The maximum Gasteiger partial charge on any atom is 0.243 e. The Morgan fingerprint density at radius 1 is 1.21 bits per heavy atom. The maximum absolute atomic E-state index is 14.5. The lowest BCUT2D eigenvalue weighted by atomic mass is 9.85. The summed E-state index contributed by atoms with van der Waals surface area (Å²) in [6, 6.07) is 11.1. The number of rotatable bonds is 4. The van der Waals surface area contributed by atoms with Crippen LogP contribution in [0.3, 0.4) is 0 Å². The van der Waals surface area contributed by atoms with Crippen LogP contribution in [0.25, 0.3) is 0 Å². The SMILES string of the molecule is COc1ccccc1CN1C[C@@H]2C[C@@H](c3cc(F)ccc3F)N3CCC[C@@]23C1=O. The van der Waals surface area contributed by atoms with Gasteiger partial charge in [-0.2, -0.15) is 0 Å². The van der Waals surface area contributed by atoms with E-state index in [1.165, 1.54) is 12.1 Å². The van der Waals surface area contributed by atoms with Gasteiger partial charge in [0.05, 0.1) is 7.11 Å². The predicted molar refractivity (Wildman–Crippen MR) is 104 cm³/mol.